The quantitative estimate of drug-likeness (QED) is 0.312. The first-order valence-electron chi connectivity index (χ1n) is 9.96. The van der Waals surface area contributed by atoms with Gasteiger partial charge in [-0.15, -0.1) is 21.5 Å². The summed E-state index contributed by atoms with van der Waals surface area (Å²) in [4.78, 5) is 28.4. The van der Waals surface area contributed by atoms with Crippen molar-refractivity contribution >= 4 is 46.1 Å². The number of ether oxygens (including phenoxy) is 2. The summed E-state index contributed by atoms with van der Waals surface area (Å²) in [6, 6.07) is 5.38. The van der Waals surface area contributed by atoms with Crippen LogP contribution in [0.1, 0.15) is 18.3 Å². The minimum atomic E-state index is -0.271. The van der Waals surface area contributed by atoms with Crippen LogP contribution in [0.2, 0.25) is 0 Å². The molecule has 2 N–H and O–H groups in total. The van der Waals surface area contributed by atoms with E-state index in [0.717, 1.165) is 5.56 Å². The third-order valence-corrected chi connectivity index (χ3v) is 6.03. The van der Waals surface area contributed by atoms with Crippen LogP contribution in [0, 0.1) is 0 Å². The molecule has 0 unspecified atom stereocenters. The van der Waals surface area contributed by atoms with E-state index in [1.807, 2.05) is 17.6 Å². The van der Waals surface area contributed by atoms with Crippen molar-refractivity contribution in [3.63, 3.8) is 0 Å². The molecule has 2 amide bonds. The summed E-state index contributed by atoms with van der Waals surface area (Å²) in [6.07, 6.45) is 4.75. The van der Waals surface area contributed by atoms with Crippen LogP contribution < -0.4 is 20.1 Å². The maximum absolute atomic E-state index is 12.3. The summed E-state index contributed by atoms with van der Waals surface area (Å²) in [6.45, 7) is 2.77. The SMILES string of the molecule is CCn1c(CNC(=O)C=Cc2ccc(OC)c(OC)c2)nnc1SCC(=O)Nc1nccs1. The van der Waals surface area contributed by atoms with Crippen LogP contribution in [-0.4, -0.2) is 51.5 Å². The molecule has 1 aromatic carbocycles. The van der Waals surface area contributed by atoms with Crippen molar-refractivity contribution in [3.05, 3.63) is 47.2 Å². The van der Waals surface area contributed by atoms with Gasteiger partial charge in [-0.2, -0.15) is 0 Å². The Balaban J connectivity index is 1.53. The molecule has 0 radical (unpaired) electrons. The first kappa shape index (κ1) is 24.3. The first-order chi connectivity index (χ1) is 16.0. The van der Waals surface area contributed by atoms with Crippen molar-refractivity contribution in [2.75, 3.05) is 25.3 Å². The monoisotopic (exact) mass is 488 g/mol. The van der Waals surface area contributed by atoms with Crippen LogP contribution in [0.3, 0.4) is 0 Å². The number of carbonyl (C=O) groups is 2. The molecule has 12 heteroatoms. The van der Waals surface area contributed by atoms with Gasteiger partial charge in [0.1, 0.15) is 0 Å². The number of nitrogens with one attached hydrogen (secondary N) is 2. The van der Waals surface area contributed by atoms with Crippen molar-refractivity contribution in [1.29, 1.82) is 0 Å². The highest BCUT2D eigenvalue weighted by Gasteiger charge is 2.14. The van der Waals surface area contributed by atoms with Crippen molar-refractivity contribution in [2.24, 2.45) is 0 Å². The Morgan fingerprint density at radius 2 is 2.03 bits per heavy atom. The number of hydrogen-bond acceptors (Lipinski definition) is 9. The fourth-order valence-corrected chi connectivity index (χ4v) is 4.16. The van der Waals surface area contributed by atoms with Gasteiger partial charge in [0, 0.05) is 24.2 Å². The number of hydrogen-bond donors (Lipinski definition) is 2. The largest absolute Gasteiger partial charge is 0.493 e. The zero-order valence-corrected chi connectivity index (χ0v) is 20.0. The molecule has 0 aliphatic rings. The van der Waals surface area contributed by atoms with Crippen LogP contribution in [0.5, 0.6) is 11.5 Å². The number of nitrogens with zero attached hydrogens (tertiary/aromatic N) is 4. The van der Waals surface area contributed by atoms with Crippen LogP contribution in [0.4, 0.5) is 5.13 Å². The minimum absolute atomic E-state index is 0.171. The number of anilines is 1. The third kappa shape index (κ3) is 6.80. The Kier molecular flexibility index (Phi) is 8.84. The summed E-state index contributed by atoms with van der Waals surface area (Å²) in [5.74, 6) is 1.54. The second-order valence-electron chi connectivity index (χ2n) is 6.48. The number of aromatic nitrogens is 4. The van der Waals surface area contributed by atoms with E-state index in [-0.39, 0.29) is 24.1 Å². The maximum Gasteiger partial charge on any atom is 0.244 e. The van der Waals surface area contributed by atoms with Gasteiger partial charge in [-0.1, -0.05) is 17.8 Å². The summed E-state index contributed by atoms with van der Waals surface area (Å²) >= 11 is 2.63. The minimum Gasteiger partial charge on any atom is -0.493 e. The summed E-state index contributed by atoms with van der Waals surface area (Å²) in [5, 5.41) is 16.8. The zero-order valence-electron chi connectivity index (χ0n) is 18.4. The highest BCUT2D eigenvalue weighted by atomic mass is 32.2. The summed E-state index contributed by atoms with van der Waals surface area (Å²) in [7, 11) is 3.12. The van der Waals surface area contributed by atoms with Crippen molar-refractivity contribution in [1.82, 2.24) is 25.1 Å². The number of methoxy groups -OCH3 is 2. The van der Waals surface area contributed by atoms with E-state index in [4.69, 9.17) is 9.47 Å². The standard InChI is InChI=1S/C21H24N6O4S2/c1-4-27-17(25-26-21(27)33-13-19(29)24-20-22-9-10-32-20)12-23-18(28)8-6-14-5-7-15(30-2)16(11-14)31-3/h5-11H,4,12-13H2,1-3H3,(H,23,28)(H,22,24,29). The number of benzene rings is 1. The molecule has 0 atom stereocenters. The van der Waals surface area contributed by atoms with Gasteiger partial charge >= 0.3 is 0 Å². The highest BCUT2D eigenvalue weighted by molar-refractivity contribution is 7.99. The lowest BCUT2D eigenvalue weighted by Gasteiger charge is -2.08. The fourth-order valence-electron chi connectivity index (χ4n) is 2.80. The van der Waals surface area contributed by atoms with Gasteiger partial charge < -0.3 is 24.7 Å². The van der Waals surface area contributed by atoms with E-state index < -0.39 is 0 Å². The topological polar surface area (TPSA) is 120 Å². The Hall–Kier alpha value is -3.38. The van der Waals surface area contributed by atoms with Crippen LogP contribution in [-0.2, 0) is 22.7 Å². The molecule has 0 aliphatic carbocycles. The van der Waals surface area contributed by atoms with Crippen molar-refractivity contribution < 1.29 is 19.1 Å². The lowest BCUT2D eigenvalue weighted by Crippen LogP contribution is -2.22. The van der Waals surface area contributed by atoms with E-state index in [2.05, 4.69) is 25.8 Å². The molecule has 2 aromatic heterocycles. The molecule has 3 rings (SSSR count). The Morgan fingerprint density at radius 1 is 1.21 bits per heavy atom. The second kappa shape index (κ2) is 12.0. The second-order valence-corrected chi connectivity index (χ2v) is 8.32. The van der Waals surface area contributed by atoms with E-state index in [1.54, 1.807) is 44.0 Å². The molecule has 2 heterocycles. The van der Waals surface area contributed by atoms with Gasteiger partial charge in [-0.25, -0.2) is 4.98 Å². The molecule has 0 spiro atoms. The average molecular weight is 489 g/mol. The smallest absolute Gasteiger partial charge is 0.244 e. The molecule has 0 bridgehead atoms. The van der Waals surface area contributed by atoms with E-state index in [0.29, 0.717) is 34.2 Å². The molecule has 0 aliphatic heterocycles. The number of rotatable bonds is 11. The maximum atomic E-state index is 12.3. The average Bonchev–Trinajstić information content (AvgIpc) is 3.49. The molecule has 174 valence electrons. The lowest BCUT2D eigenvalue weighted by atomic mass is 10.2. The fraction of sp³-hybridized carbons (Fsp3) is 0.286. The molecule has 0 fully saturated rings. The molecule has 0 saturated heterocycles. The van der Waals surface area contributed by atoms with Gasteiger partial charge in [0.2, 0.25) is 11.8 Å². The van der Waals surface area contributed by atoms with E-state index in [1.165, 1.54) is 29.2 Å². The van der Waals surface area contributed by atoms with Crippen LogP contribution in [0.25, 0.3) is 6.08 Å². The van der Waals surface area contributed by atoms with Crippen molar-refractivity contribution in [2.45, 2.75) is 25.2 Å². The summed E-state index contributed by atoms with van der Waals surface area (Å²) in [5.41, 5.74) is 0.800. The molecule has 33 heavy (non-hydrogen) atoms. The van der Waals surface area contributed by atoms with Gasteiger partial charge in [0.05, 0.1) is 26.5 Å². The summed E-state index contributed by atoms with van der Waals surface area (Å²) < 4.78 is 12.3. The van der Waals surface area contributed by atoms with Gasteiger partial charge in [0.15, 0.2) is 27.6 Å². The molecule has 10 nitrogen and oxygen atoms in total. The normalized spacial score (nSPS) is 10.9. The van der Waals surface area contributed by atoms with Gasteiger partial charge in [-0.05, 0) is 30.7 Å². The van der Waals surface area contributed by atoms with E-state index in [9.17, 15) is 9.59 Å². The predicted molar refractivity (Wildman–Crippen MR) is 128 cm³/mol. The van der Waals surface area contributed by atoms with Crippen LogP contribution >= 0.6 is 23.1 Å². The molecule has 3 aromatic rings. The Bertz CT molecular complexity index is 1110. The van der Waals surface area contributed by atoms with Gasteiger partial charge in [-0.3, -0.25) is 9.59 Å². The number of thioether (sulfide) groups is 1. The third-order valence-electron chi connectivity index (χ3n) is 4.38. The molecular weight excluding hydrogens is 464 g/mol. The number of carbonyl (C=O) groups excluding carboxylic acids is 2. The Labute approximate surface area is 199 Å². The predicted octanol–water partition coefficient (Wildman–Crippen LogP) is 2.83. The van der Waals surface area contributed by atoms with E-state index >= 15 is 0 Å². The highest BCUT2D eigenvalue weighted by Crippen LogP contribution is 2.28. The lowest BCUT2D eigenvalue weighted by molar-refractivity contribution is -0.116. The van der Waals surface area contributed by atoms with Gasteiger partial charge in [0.25, 0.3) is 0 Å². The van der Waals surface area contributed by atoms with Crippen LogP contribution in [0.15, 0.2) is 41.0 Å². The first-order valence-corrected chi connectivity index (χ1v) is 11.8. The molecular formula is C21H24N6O4S2. The Morgan fingerprint density at radius 3 is 2.73 bits per heavy atom. The zero-order chi connectivity index (χ0) is 23.6. The number of amides is 2. The molecule has 0 saturated carbocycles. The van der Waals surface area contributed by atoms with Crippen molar-refractivity contribution in [3.8, 4) is 11.5 Å². The number of thiazole rings is 1.